The summed E-state index contributed by atoms with van der Waals surface area (Å²) in [5.41, 5.74) is 0.564. The molecule has 0 aliphatic heterocycles. The van der Waals surface area contributed by atoms with E-state index in [1.165, 1.54) is 18.2 Å². The molecule has 5 heteroatoms. The number of halogens is 3. The molecule has 0 aliphatic rings. The van der Waals surface area contributed by atoms with Crippen LogP contribution in [0.1, 0.15) is 12.0 Å². The molecular weight excluding hydrogens is 226 g/mol. The zero-order chi connectivity index (χ0) is 11.3. The molecule has 1 aromatic rings. The van der Waals surface area contributed by atoms with Crippen LogP contribution in [0.15, 0.2) is 18.2 Å². The van der Waals surface area contributed by atoms with Gasteiger partial charge in [0.05, 0.1) is 0 Å². The van der Waals surface area contributed by atoms with Crippen molar-refractivity contribution in [2.75, 3.05) is 5.88 Å². The molecule has 0 aromatic heterocycles. The lowest BCUT2D eigenvalue weighted by Gasteiger charge is -2.08. The number of benzene rings is 1. The Morgan fingerprint density at radius 1 is 1.40 bits per heavy atom. The summed E-state index contributed by atoms with van der Waals surface area (Å²) in [5, 5.41) is 9.41. The van der Waals surface area contributed by atoms with Gasteiger partial charge in [-0.05, 0) is 36.6 Å². The topological polar surface area (TPSA) is 29.5 Å². The molecule has 0 saturated carbocycles. The average molecular weight is 237 g/mol. The lowest BCUT2D eigenvalue weighted by molar-refractivity contribution is -0.0499. The van der Waals surface area contributed by atoms with Gasteiger partial charge in [0.15, 0.2) is 0 Å². The summed E-state index contributed by atoms with van der Waals surface area (Å²) in [6, 6.07) is 4.03. The number of rotatable bonds is 5. The fourth-order valence-corrected chi connectivity index (χ4v) is 1.33. The lowest BCUT2D eigenvalue weighted by atomic mass is 10.1. The van der Waals surface area contributed by atoms with E-state index < -0.39 is 6.61 Å². The van der Waals surface area contributed by atoms with Crippen molar-refractivity contribution in [1.82, 2.24) is 0 Å². The van der Waals surface area contributed by atoms with Crippen LogP contribution in [0.25, 0.3) is 0 Å². The van der Waals surface area contributed by atoms with Crippen LogP contribution < -0.4 is 4.74 Å². The molecule has 0 aliphatic carbocycles. The average Bonchev–Trinajstić information content (AvgIpc) is 2.18. The van der Waals surface area contributed by atoms with E-state index in [1.54, 1.807) is 0 Å². The van der Waals surface area contributed by atoms with Crippen LogP contribution in [0, 0.1) is 0 Å². The molecule has 0 spiro atoms. The Hall–Kier alpha value is -1.03. The van der Waals surface area contributed by atoms with Crippen molar-refractivity contribution in [2.24, 2.45) is 0 Å². The number of aromatic hydroxyl groups is 1. The SMILES string of the molecule is Oc1ccc(OC(F)F)cc1CCCCl. The maximum Gasteiger partial charge on any atom is 0.387 e. The minimum absolute atomic E-state index is 0.0485. The lowest BCUT2D eigenvalue weighted by Crippen LogP contribution is -2.02. The monoisotopic (exact) mass is 236 g/mol. The minimum Gasteiger partial charge on any atom is -0.508 e. The molecule has 0 saturated heterocycles. The number of phenolic OH excluding ortho intramolecular Hbond substituents is 1. The van der Waals surface area contributed by atoms with Gasteiger partial charge in [-0.1, -0.05) is 0 Å². The third kappa shape index (κ3) is 3.91. The molecule has 0 fully saturated rings. The van der Waals surface area contributed by atoms with Gasteiger partial charge in [0, 0.05) is 5.88 Å². The van der Waals surface area contributed by atoms with Gasteiger partial charge in [-0.25, -0.2) is 0 Å². The first-order chi connectivity index (χ1) is 7.13. The van der Waals surface area contributed by atoms with Crippen molar-refractivity contribution in [2.45, 2.75) is 19.5 Å². The Morgan fingerprint density at radius 3 is 2.73 bits per heavy atom. The highest BCUT2D eigenvalue weighted by atomic mass is 35.5. The molecule has 1 rings (SSSR count). The number of alkyl halides is 3. The van der Waals surface area contributed by atoms with E-state index in [0.29, 0.717) is 24.3 Å². The van der Waals surface area contributed by atoms with Gasteiger partial charge in [-0.3, -0.25) is 0 Å². The van der Waals surface area contributed by atoms with Crippen molar-refractivity contribution in [1.29, 1.82) is 0 Å². The van der Waals surface area contributed by atoms with E-state index in [2.05, 4.69) is 4.74 Å². The van der Waals surface area contributed by atoms with Crippen LogP contribution in [0.3, 0.4) is 0 Å². The van der Waals surface area contributed by atoms with E-state index in [1.807, 2.05) is 0 Å². The third-order valence-electron chi connectivity index (χ3n) is 1.86. The normalized spacial score (nSPS) is 10.7. The molecule has 84 valence electrons. The molecule has 0 radical (unpaired) electrons. The Labute approximate surface area is 91.4 Å². The maximum atomic E-state index is 11.9. The van der Waals surface area contributed by atoms with Crippen LogP contribution in [-0.4, -0.2) is 17.6 Å². The van der Waals surface area contributed by atoms with Gasteiger partial charge < -0.3 is 9.84 Å². The summed E-state index contributed by atoms with van der Waals surface area (Å²) in [6.07, 6.45) is 1.21. The first-order valence-corrected chi connectivity index (χ1v) is 4.99. The van der Waals surface area contributed by atoms with E-state index >= 15 is 0 Å². The first-order valence-electron chi connectivity index (χ1n) is 4.46. The number of hydrogen-bond donors (Lipinski definition) is 1. The van der Waals surface area contributed by atoms with E-state index in [4.69, 9.17) is 11.6 Å². The second-order valence-corrected chi connectivity index (χ2v) is 3.34. The van der Waals surface area contributed by atoms with Gasteiger partial charge in [0.1, 0.15) is 11.5 Å². The minimum atomic E-state index is -2.85. The highest BCUT2D eigenvalue weighted by Gasteiger charge is 2.07. The summed E-state index contributed by atoms with van der Waals surface area (Å²) in [5.74, 6) is 0.577. The molecule has 0 bridgehead atoms. The Morgan fingerprint density at radius 2 is 2.13 bits per heavy atom. The zero-order valence-electron chi connectivity index (χ0n) is 7.92. The summed E-state index contributed by atoms with van der Waals surface area (Å²) >= 11 is 5.50. The van der Waals surface area contributed by atoms with Crippen LogP contribution in [0.5, 0.6) is 11.5 Å². The number of ether oxygens (including phenoxy) is 1. The molecule has 0 atom stereocenters. The standard InChI is InChI=1S/C10H11ClF2O2/c11-5-1-2-7-6-8(15-10(12)13)3-4-9(7)14/h3-4,6,10,14H,1-2,5H2. The molecule has 0 unspecified atom stereocenters. The smallest absolute Gasteiger partial charge is 0.387 e. The summed E-state index contributed by atoms with van der Waals surface area (Å²) in [6.45, 7) is -2.85. The van der Waals surface area contributed by atoms with Gasteiger partial charge in [-0.2, -0.15) is 8.78 Å². The van der Waals surface area contributed by atoms with Gasteiger partial charge >= 0.3 is 6.61 Å². The third-order valence-corrected chi connectivity index (χ3v) is 2.12. The Bertz CT molecular complexity index is 318. The number of aryl methyl sites for hydroxylation is 1. The fraction of sp³-hybridized carbons (Fsp3) is 0.400. The number of phenols is 1. The fourth-order valence-electron chi connectivity index (χ4n) is 1.20. The van der Waals surface area contributed by atoms with Crippen molar-refractivity contribution in [3.63, 3.8) is 0 Å². The van der Waals surface area contributed by atoms with Crippen molar-refractivity contribution >= 4 is 11.6 Å². The molecule has 0 amide bonds. The quantitative estimate of drug-likeness (QED) is 0.796. The molecular formula is C10H11ClF2O2. The Balaban J connectivity index is 2.75. The predicted octanol–water partition coefficient (Wildman–Crippen LogP) is 3.17. The van der Waals surface area contributed by atoms with Gasteiger partial charge in [-0.15, -0.1) is 11.6 Å². The van der Waals surface area contributed by atoms with Crippen LogP contribution in [-0.2, 0) is 6.42 Å². The highest BCUT2D eigenvalue weighted by Crippen LogP contribution is 2.25. The van der Waals surface area contributed by atoms with Crippen molar-refractivity contribution in [3.8, 4) is 11.5 Å². The van der Waals surface area contributed by atoms with Gasteiger partial charge in [0.25, 0.3) is 0 Å². The van der Waals surface area contributed by atoms with Gasteiger partial charge in [0.2, 0.25) is 0 Å². The molecule has 15 heavy (non-hydrogen) atoms. The second kappa shape index (κ2) is 5.75. The molecule has 0 heterocycles. The van der Waals surface area contributed by atoms with Crippen LogP contribution >= 0.6 is 11.6 Å². The predicted molar refractivity (Wildman–Crippen MR) is 53.8 cm³/mol. The van der Waals surface area contributed by atoms with E-state index in [9.17, 15) is 13.9 Å². The van der Waals surface area contributed by atoms with E-state index in [-0.39, 0.29) is 11.5 Å². The summed E-state index contributed by atoms with van der Waals surface area (Å²) in [4.78, 5) is 0. The van der Waals surface area contributed by atoms with Crippen LogP contribution in [0.2, 0.25) is 0 Å². The zero-order valence-corrected chi connectivity index (χ0v) is 8.68. The first kappa shape index (κ1) is 12.0. The van der Waals surface area contributed by atoms with E-state index in [0.717, 1.165) is 0 Å². The maximum absolute atomic E-state index is 11.9. The second-order valence-electron chi connectivity index (χ2n) is 2.96. The number of hydrogen-bond acceptors (Lipinski definition) is 2. The van der Waals surface area contributed by atoms with Crippen molar-refractivity contribution < 1.29 is 18.6 Å². The highest BCUT2D eigenvalue weighted by molar-refractivity contribution is 6.17. The summed E-state index contributed by atoms with van der Waals surface area (Å²) < 4.78 is 28.0. The van der Waals surface area contributed by atoms with Crippen LogP contribution in [0.4, 0.5) is 8.78 Å². The largest absolute Gasteiger partial charge is 0.508 e. The molecule has 1 aromatic carbocycles. The molecule has 2 nitrogen and oxygen atoms in total. The molecule has 1 N–H and O–H groups in total. The summed E-state index contributed by atoms with van der Waals surface area (Å²) in [7, 11) is 0. The van der Waals surface area contributed by atoms with Crippen molar-refractivity contribution in [3.05, 3.63) is 23.8 Å². The Kier molecular flexibility index (Phi) is 4.62.